The molecule has 0 aliphatic carbocycles. The van der Waals surface area contributed by atoms with Gasteiger partial charge in [-0.05, 0) is 78.8 Å². The number of nitrogens with zero attached hydrogens (tertiary/aromatic N) is 1. The molecule has 5 rings (SSSR count). The Balaban J connectivity index is 1.51. The second-order valence-electron chi connectivity index (χ2n) is 10.2. The first-order chi connectivity index (χ1) is 18.1. The van der Waals surface area contributed by atoms with Gasteiger partial charge in [-0.2, -0.15) is 0 Å². The zero-order valence-corrected chi connectivity index (χ0v) is 22.4. The fourth-order valence-electron chi connectivity index (χ4n) is 5.04. The van der Waals surface area contributed by atoms with Gasteiger partial charge in [-0.3, -0.25) is 0 Å². The predicted molar refractivity (Wildman–Crippen MR) is 159 cm³/mol. The third kappa shape index (κ3) is 5.78. The zero-order chi connectivity index (χ0) is 25.6. The zero-order valence-electron chi connectivity index (χ0n) is 22.4. The molecule has 0 saturated carbocycles. The molecule has 0 atom stereocenters. The molecule has 0 amide bonds. The maximum Gasteiger partial charge on any atom is 0.0535 e. The van der Waals surface area contributed by atoms with Crippen molar-refractivity contribution in [1.82, 2.24) is 4.57 Å². The van der Waals surface area contributed by atoms with Crippen LogP contribution in [-0.2, 0) is 6.42 Å². The quantitative estimate of drug-likeness (QED) is 0.184. The summed E-state index contributed by atoms with van der Waals surface area (Å²) in [6, 6.07) is 40.3. The molecule has 0 bridgehead atoms. The normalized spacial score (nSPS) is 11.1. The van der Waals surface area contributed by atoms with Crippen LogP contribution in [0.4, 0.5) is 0 Å². The van der Waals surface area contributed by atoms with E-state index in [1.54, 1.807) is 0 Å². The highest BCUT2D eigenvalue weighted by Crippen LogP contribution is 2.34. The number of aryl methyl sites for hydroxylation is 3. The summed E-state index contributed by atoms with van der Waals surface area (Å²) in [5.74, 6) is 0. The smallest absolute Gasteiger partial charge is 0.0535 e. The van der Waals surface area contributed by atoms with Crippen molar-refractivity contribution >= 4 is 0 Å². The van der Waals surface area contributed by atoms with Crippen LogP contribution in [0.15, 0.2) is 109 Å². The van der Waals surface area contributed by atoms with Gasteiger partial charge in [-0.1, -0.05) is 122 Å². The van der Waals surface area contributed by atoms with Crippen LogP contribution in [0.25, 0.3) is 39.3 Å². The Bertz CT molecular complexity index is 1420. The molecule has 1 nitrogen and oxygen atoms in total. The Morgan fingerprint density at radius 3 is 1.43 bits per heavy atom. The van der Waals surface area contributed by atoms with Gasteiger partial charge in [0.2, 0.25) is 0 Å². The van der Waals surface area contributed by atoms with Crippen molar-refractivity contribution in [1.29, 1.82) is 0 Å². The molecule has 5 aromatic rings. The van der Waals surface area contributed by atoms with E-state index >= 15 is 0 Å². The van der Waals surface area contributed by atoms with Crippen LogP contribution in [0.5, 0.6) is 0 Å². The van der Waals surface area contributed by atoms with Gasteiger partial charge in [-0.15, -0.1) is 0 Å². The Hall–Kier alpha value is -3.84. The van der Waals surface area contributed by atoms with E-state index in [9.17, 15) is 0 Å². The molecule has 186 valence electrons. The van der Waals surface area contributed by atoms with Gasteiger partial charge in [0, 0.05) is 5.69 Å². The van der Waals surface area contributed by atoms with Crippen LogP contribution >= 0.6 is 0 Å². The van der Waals surface area contributed by atoms with E-state index in [2.05, 4.69) is 135 Å². The first-order valence-corrected chi connectivity index (χ1v) is 13.7. The molecular weight excluding hydrogens is 446 g/mol. The minimum absolute atomic E-state index is 1.16. The van der Waals surface area contributed by atoms with Crippen LogP contribution < -0.4 is 0 Å². The Morgan fingerprint density at radius 1 is 0.459 bits per heavy atom. The van der Waals surface area contributed by atoms with Gasteiger partial charge in [0.15, 0.2) is 0 Å². The third-order valence-electron chi connectivity index (χ3n) is 7.31. The molecule has 0 unspecified atom stereocenters. The fourth-order valence-corrected chi connectivity index (χ4v) is 5.04. The Morgan fingerprint density at radius 2 is 0.919 bits per heavy atom. The van der Waals surface area contributed by atoms with Crippen LogP contribution in [0.2, 0.25) is 0 Å². The van der Waals surface area contributed by atoms with Crippen molar-refractivity contribution < 1.29 is 0 Å². The number of hydrogen-bond donors (Lipinski definition) is 0. The highest BCUT2D eigenvalue weighted by atomic mass is 15.0. The summed E-state index contributed by atoms with van der Waals surface area (Å²) < 4.78 is 2.41. The lowest BCUT2D eigenvalue weighted by molar-refractivity contribution is 0.667. The third-order valence-corrected chi connectivity index (χ3v) is 7.31. The summed E-state index contributed by atoms with van der Waals surface area (Å²) in [5, 5.41) is 0. The van der Waals surface area contributed by atoms with E-state index < -0.39 is 0 Å². The molecule has 0 N–H and O–H groups in total. The highest BCUT2D eigenvalue weighted by molar-refractivity contribution is 5.75. The number of benzene rings is 4. The molecular formula is C36H37N. The lowest BCUT2D eigenvalue weighted by atomic mass is 10.0. The van der Waals surface area contributed by atoms with E-state index in [0.29, 0.717) is 0 Å². The highest BCUT2D eigenvalue weighted by Gasteiger charge is 2.14. The first-order valence-electron chi connectivity index (χ1n) is 13.7. The molecule has 0 aliphatic heterocycles. The van der Waals surface area contributed by atoms with Crippen molar-refractivity contribution in [3.8, 4) is 39.3 Å². The maximum atomic E-state index is 2.41. The number of aromatic nitrogens is 1. The van der Waals surface area contributed by atoms with Crippen molar-refractivity contribution in [2.24, 2.45) is 0 Å². The van der Waals surface area contributed by atoms with E-state index in [0.717, 1.165) is 6.42 Å². The summed E-state index contributed by atoms with van der Waals surface area (Å²) in [6.45, 7) is 6.54. The predicted octanol–water partition coefficient (Wildman–Crippen LogP) is 10.2. The topological polar surface area (TPSA) is 4.93 Å². The molecule has 1 aromatic heterocycles. The fraction of sp³-hybridized carbons (Fsp3) is 0.222. The second kappa shape index (κ2) is 11.5. The second-order valence-corrected chi connectivity index (χ2v) is 10.2. The molecule has 1 heteroatoms. The van der Waals surface area contributed by atoms with Gasteiger partial charge in [0.25, 0.3) is 0 Å². The van der Waals surface area contributed by atoms with Gasteiger partial charge in [0.1, 0.15) is 0 Å². The minimum atomic E-state index is 1.16. The van der Waals surface area contributed by atoms with E-state index in [4.69, 9.17) is 0 Å². The average molecular weight is 484 g/mol. The van der Waals surface area contributed by atoms with E-state index in [1.807, 2.05) is 0 Å². The number of rotatable bonds is 9. The SMILES string of the molecule is CCCCCCc1ccc(-n2c(-c3ccc(C)cc3)ccc2-c2ccc(-c3ccc(C)cc3)cc2)cc1. The van der Waals surface area contributed by atoms with Crippen LogP contribution in [0.3, 0.4) is 0 Å². The summed E-state index contributed by atoms with van der Waals surface area (Å²) in [5.41, 5.74) is 12.6. The van der Waals surface area contributed by atoms with Gasteiger partial charge < -0.3 is 4.57 Å². The van der Waals surface area contributed by atoms with Crippen molar-refractivity contribution in [3.05, 3.63) is 126 Å². The monoisotopic (exact) mass is 483 g/mol. The Labute approximate surface area is 222 Å². The van der Waals surface area contributed by atoms with Gasteiger partial charge in [0.05, 0.1) is 11.4 Å². The number of unbranched alkanes of at least 4 members (excludes halogenated alkanes) is 3. The summed E-state index contributed by atoms with van der Waals surface area (Å²) >= 11 is 0. The molecule has 0 saturated heterocycles. The first kappa shape index (κ1) is 24.8. The standard InChI is InChI=1S/C36H37N/c1-4-5-6-7-8-29-13-23-34(24-14-29)37-35(32-17-11-28(3)12-18-32)25-26-36(37)33-21-19-31(20-22-33)30-15-9-27(2)10-16-30/h9-26H,4-8H2,1-3H3. The summed E-state index contributed by atoms with van der Waals surface area (Å²) in [6.07, 6.45) is 6.35. The number of hydrogen-bond acceptors (Lipinski definition) is 0. The van der Waals surface area contributed by atoms with Crippen LogP contribution in [0, 0.1) is 13.8 Å². The minimum Gasteiger partial charge on any atom is -0.309 e. The van der Waals surface area contributed by atoms with E-state index in [1.165, 1.54) is 81.7 Å². The lowest BCUT2D eigenvalue weighted by Crippen LogP contribution is -2.00. The molecule has 4 aromatic carbocycles. The van der Waals surface area contributed by atoms with Crippen LogP contribution in [-0.4, -0.2) is 4.57 Å². The average Bonchev–Trinajstić information content (AvgIpc) is 3.38. The Kier molecular flexibility index (Phi) is 7.70. The molecule has 0 fully saturated rings. The largest absolute Gasteiger partial charge is 0.309 e. The summed E-state index contributed by atoms with van der Waals surface area (Å²) in [4.78, 5) is 0. The molecule has 37 heavy (non-hydrogen) atoms. The molecule has 1 heterocycles. The van der Waals surface area contributed by atoms with Crippen molar-refractivity contribution in [2.75, 3.05) is 0 Å². The van der Waals surface area contributed by atoms with Crippen molar-refractivity contribution in [2.45, 2.75) is 52.9 Å². The molecule has 0 aliphatic rings. The van der Waals surface area contributed by atoms with Crippen LogP contribution in [0.1, 0.15) is 49.3 Å². The summed E-state index contributed by atoms with van der Waals surface area (Å²) in [7, 11) is 0. The van der Waals surface area contributed by atoms with Gasteiger partial charge in [-0.25, -0.2) is 0 Å². The van der Waals surface area contributed by atoms with E-state index in [-0.39, 0.29) is 0 Å². The molecule has 0 spiro atoms. The maximum absolute atomic E-state index is 2.41. The van der Waals surface area contributed by atoms with Gasteiger partial charge >= 0.3 is 0 Å². The molecule has 0 radical (unpaired) electrons. The van der Waals surface area contributed by atoms with Crippen molar-refractivity contribution in [3.63, 3.8) is 0 Å². The lowest BCUT2D eigenvalue weighted by Gasteiger charge is -2.16.